The first-order valence-electron chi connectivity index (χ1n) is 20.0. The second kappa shape index (κ2) is 15.2. The minimum absolute atomic E-state index is 0.00797. The number of fused-ring (bicyclic) bond motifs is 1. The molecule has 12 nitrogen and oxygen atoms in total. The predicted octanol–water partition coefficient (Wildman–Crippen LogP) is 4.55. The minimum atomic E-state index is -3.56. The van der Waals surface area contributed by atoms with E-state index in [0.717, 1.165) is 70.6 Å². The molecule has 1 saturated heterocycles. The topological polar surface area (TPSA) is 171 Å². The maximum Gasteiger partial charge on any atom is 0.315 e. The molecule has 1 unspecified atom stereocenters. The van der Waals surface area contributed by atoms with Gasteiger partial charge in [-0.25, -0.2) is 13.2 Å². The third kappa shape index (κ3) is 8.65. The van der Waals surface area contributed by atoms with Crippen LogP contribution >= 0.6 is 0 Å². The number of nitrogens with zero attached hydrogens (tertiary/aromatic N) is 1. The van der Waals surface area contributed by atoms with Crippen LogP contribution in [0.5, 0.6) is 0 Å². The van der Waals surface area contributed by atoms with E-state index >= 15 is 0 Å². The first kappa shape index (κ1) is 40.5. The average molecular weight is 748 g/mol. The van der Waals surface area contributed by atoms with E-state index in [-0.39, 0.29) is 35.0 Å². The molecule has 0 bridgehead atoms. The van der Waals surface area contributed by atoms with Crippen molar-refractivity contribution >= 4 is 39.4 Å². The molecule has 52 heavy (non-hydrogen) atoms. The van der Waals surface area contributed by atoms with Gasteiger partial charge < -0.3 is 26.2 Å². The molecule has 4 saturated carbocycles. The van der Waals surface area contributed by atoms with Gasteiger partial charge >= 0.3 is 6.03 Å². The van der Waals surface area contributed by atoms with E-state index in [4.69, 9.17) is 0 Å². The lowest BCUT2D eigenvalue weighted by atomic mass is 9.70. The van der Waals surface area contributed by atoms with Gasteiger partial charge in [0.1, 0.15) is 12.1 Å². The standard InChI is InChI=1S/C39H65N5O7S/c1-8-9-16-27(30(45)33(47)40-25-17-18-25)41-32(46)29-28-26(37(28,5)6)23-44(29)34(48)31(38(7)19-12-10-13-20-38)42-35(49)43-39(21-14-11-15-22-39)24-52(50,51)36(2,3)4/h25-29,31H,8-24H2,1-7H3,(H,40,47)(H,41,46)(H2,42,43,49)/t26-,27?,28-,29-,31+/m0/s1. The van der Waals surface area contributed by atoms with Crippen LogP contribution in [0.1, 0.15) is 145 Å². The molecule has 4 N–H and O–H groups in total. The Morgan fingerprint density at radius 3 is 2.02 bits per heavy atom. The van der Waals surface area contributed by atoms with Gasteiger partial charge in [0.15, 0.2) is 9.84 Å². The third-order valence-electron chi connectivity index (χ3n) is 13.2. The fraction of sp³-hybridized carbons (Fsp3) is 0.872. The highest BCUT2D eigenvalue weighted by Gasteiger charge is 2.70. The van der Waals surface area contributed by atoms with Gasteiger partial charge in [-0.1, -0.05) is 79.1 Å². The van der Waals surface area contributed by atoms with E-state index in [1.54, 1.807) is 25.7 Å². The summed E-state index contributed by atoms with van der Waals surface area (Å²) in [4.78, 5) is 71.0. The molecule has 0 aromatic heterocycles. The number of unbranched alkanes of at least 4 members (excludes halogenated alkanes) is 1. The number of Topliss-reactive ketones (excluding diaryl/α,β-unsaturated/α-hetero) is 1. The number of carbonyl (C=O) groups is 5. The van der Waals surface area contributed by atoms with Gasteiger partial charge in [-0.3, -0.25) is 19.2 Å². The Balaban J connectivity index is 1.39. The van der Waals surface area contributed by atoms with Crippen LogP contribution < -0.4 is 21.3 Å². The maximum atomic E-state index is 14.9. The van der Waals surface area contributed by atoms with Gasteiger partial charge in [0.25, 0.3) is 5.91 Å². The Labute approximate surface area is 311 Å². The fourth-order valence-electron chi connectivity index (χ4n) is 9.26. The van der Waals surface area contributed by atoms with E-state index in [9.17, 15) is 32.4 Å². The van der Waals surface area contributed by atoms with Crippen LogP contribution in [0.2, 0.25) is 0 Å². The van der Waals surface area contributed by atoms with Gasteiger partial charge in [-0.2, -0.15) is 0 Å². The monoisotopic (exact) mass is 747 g/mol. The molecule has 5 aliphatic rings. The van der Waals surface area contributed by atoms with E-state index in [1.165, 1.54) is 0 Å². The molecule has 0 spiro atoms. The number of hydrogen-bond acceptors (Lipinski definition) is 7. The van der Waals surface area contributed by atoms with E-state index in [1.807, 2.05) is 13.8 Å². The van der Waals surface area contributed by atoms with Crippen LogP contribution in [0.25, 0.3) is 0 Å². The SMILES string of the molecule is CCCCC(NC(=O)[C@@H]1[C@@H]2[C@H](CN1C(=O)[C@@H](NC(=O)NC1(CS(=O)(=O)C(C)(C)C)CCCCC1)C1(C)CCCCC1)C2(C)C)C(=O)C(=O)NC1CC1. The highest BCUT2D eigenvalue weighted by Crippen LogP contribution is 2.65. The molecule has 13 heteroatoms. The number of likely N-dealkylation sites (tertiary alicyclic amines) is 1. The summed E-state index contributed by atoms with van der Waals surface area (Å²) in [6, 6.07) is -3.33. The number of piperidine rings is 1. The van der Waals surface area contributed by atoms with Crippen molar-refractivity contribution in [3.63, 3.8) is 0 Å². The molecular formula is C39H65N5O7S. The predicted molar refractivity (Wildman–Crippen MR) is 200 cm³/mol. The second-order valence-electron chi connectivity index (χ2n) is 18.7. The molecule has 5 atom stereocenters. The van der Waals surface area contributed by atoms with Crippen molar-refractivity contribution in [3.8, 4) is 0 Å². The summed E-state index contributed by atoms with van der Waals surface area (Å²) < 4.78 is 25.9. The lowest BCUT2D eigenvalue weighted by molar-refractivity contribution is -0.146. The van der Waals surface area contributed by atoms with Crippen molar-refractivity contribution in [1.82, 2.24) is 26.2 Å². The zero-order valence-electron chi connectivity index (χ0n) is 32.7. The summed E-state index contributed by atoms with van der Waals surface area (Å²) >= 11 is 0. The van der Waals surface area contributed by atoms with E-state index in [2.05, 4.69) is 35.1 Å². The van der Waals surface area contributed by atoms with Crippen molar-refractivity contribution in [1.29, 1.82) is 0 Å². The van der Waals surface area contributed by atoms with Crippen LogP contribution in [-0.2, 0) is 29.0 Å². The number of urea groups is 1. The van der Waals surface area contributed by atoms with Crippen LogP contribution in [-0.4, -0.2) is 89.6 Å². The molecule has 294 valence electrons. The quantitative estimate of drug-likeness (QED) is 0.189. The molecule has 0 aromatic rings. The number of nitrogens with one attached hydrogen (secondary N) is 4. The molecule has 0 radical (unpaired) electrons. The van der Waals surface area contributed by atoms with Crippen LogP contribution in [0.3, 0.4) is 0 Å². The molecule has 0 aromatic carbocycles. The minimum Gasteiger partial charge on any atom is -0.347 e. The van der Waals surface area contributed by atoms with Crippen molar-refractivity contribution in [2.45, 2.75) is 179 Å². The number of carbonyl (C=O) groups excluding carboxylic acids is 5. The Kier molecular flexibility index (Phi) is 11.8. The molecule has 1 heterocycles. The lowest BCUT2D eigenvalue weighted by Gasteiger charge is -2.44. The van der Waals surface area contributed by atoms with Crippen LogP contribution in [0, 0.1) is 22.7 Å². The van der Waals surface area contributed by atoms with Crippen molar-refractivity contribution in [3.05, 3.63) is 0 Å². The van der Waals surface area contributed by atoms with Crippen LogP contribution in [0.4, 0.5) is 4.79 Å². The summed E-state index contributed by atoms with van der Waals surface area (Å²) in [7, 11) is -3.56. The third-order valence-corrected chi connectivity index (χ3v) is 16.0. The van der Waals surface area contributed by atoms with Crippen molar-refractivity contribution < 1.29 is 32.4 Å². The Morgan fingerprint density at radius 2 is 1.46 bits per heavy atom. The Bertz CT molecular complexity index is 1490. The van der Waals surface area contributed by atoms with Gasteiger partial charge in [0.05, 0.1) is 22.1 Å². The molecular weight excluding hydrogens is 683 g/mol. The fourth-order valence-corrected chi connectivity index (χ4v) is 10.8. The van der Waals surface area contributed by atoms with E-state index < -0.39 is 67.3 Å². The molecule has 4 aliphatic carbocycles. The van der Waals surface area contributed by atoms with Gasteiger partial charge in [0, 0.05) is 12.6 Å². The number of hydrogen-bond donors (Lipinski definition) is 4. The molecule has 5 fully saturated rings. The van der Waals surface area contributed by atoms with Crippen molar-refractivity contribution in [2.24, 2.45) is 22.7 Å². The highest BCUT2D eigenvalue weighted by molar-refractivity contribution is 7.92. The average Bonchev–Trinajstić information content (AvgIpc) is 3.92. The Morgan fingerprint density at radius 1 is 0.865 bits per heavy atom. The summed E-state index contributed by atoms with van der Waals surface area (Å²) in [6.45, 7) is 13.6. The number of amides is 5. The van der Waals surface area contributed by atoms with Gasteiger partial charge in [0.2, 0.25) is 17.6 Å². The second-order valence-corrected chi connectivity index (χ2v) is 21.4. The lowest BCUT2D eigenvalue weighted by Crippen LogP contribution is -2.65. The van der Waals surface area contributed by atoms with Crippen LogP contribution in [0.15, 0.2) is 0 Å². The summed E-state index contributed by atoms with van der Waals surface area (Å²) in [5, 5.41) is 11.8. The zero-order valence-corrected chi connectivity index (χ0v) is 33.5. The normalized spacial score (nSPS) is 27.4. The zero-order chi connectivity index (χ0) is 38.3. The first-order chi connectivity index (χ1) is 24.3. The number of rotatable bonds is 14. The Hall–Kier alpha value is -2.70. The molecule has 1 aliphatic heterocycles. The highest BCUT2D eigenvalue weighted by atomic mass is 32.2. The van der Waals surface area contributed by atoms with E-state index in [0.29, 0.717) is 32.2 Å². The summed E-state index contributed by atoms with van der Waals surface area (Å²) in [6.07, 6.45) is 11.4. The molecule has 5 amide bonds. The molecule has 5 rings (SSSR count). The van der Waals surface area contributed by atoms with Crippen molar-refractivity contribution in [2.75, 3.05) is 12.3 Å². The first-order valence-corrected chi connectivity index (χ1v) is 21.7. The smallest absolute Gasteiger partial charge is 0.315 e. The maximum absolute atomic E-state index is 14.9. The number of sulfone groups is 1. The van der Waals surface area contributed by atoms with Gasteiger partial charge in [-0.05, 0) is 88.4 Å². The van der Waals surface area contributed by atoms with Gasteiger partial charge in [-0.15, -0.1) is 0 Å². The number of ketones is 1. The largest absolute Gasteiger partial charge is 0.347 e. The summed E-state index contributed by atoms with van der Waals surface area (Å²) in [5.41, 5.74) is -1.71. The summed E-state index contributed by atoms with van der Waals surface area (Å²) in [5.74, 6) is -2.32.